The number of halogens is 1. The Kier molecular flexibility index (Phi) is 2.92. The Morgan fingerprint density at radius 3 is 2.53 bits per heavy atom. The highest BCUT2D eigenvalue weighted by Crippen LogP contribution is 2.20. The first-order valence-electron chi connectivity index (χ1n) is 4.59. The largest absolute Gasteiger partial charge is 0.454 e. The minimum atomic E-state index is 0.521. The third-order valence-corrected chi connectivity index (χ3v) is 2.30. The first kappa shape index (κ1) is 10.1. The molecule has 0 saturated heterocycles. The van der Waals surface area contributed by atoms with Gasteiger partial charge >= 0.3 is 0 Å². The van der Waals surface area contributed by atoms with E-state index in [9.17, 15) is 0 Å². The number of aromatic nitrogens is 2. The van der Waals surface area contributed by atoms with Crippen LogP contribution >= 0.6 is 11.6 Å². The van der Waals surface area contributed by atoms with Crippen LogP contribution in [0.25, 0.3) is 0 Å². The summed E-state index contributed by atoms with van der Waals surface area (Å²) in [5.74, 6) is 2.04. The molecule has 3 nitrogen and oxygen atoms in total. The first-order chi connectivity index (χ1) is 7.28. The normalized spacial score (nSPS) is 10.3. The van der Waals surface area contributed by atoms with Gasteiger partial charge in [0, 0.05) is 12.9 Å². The number of rotatable bonds is 3. The lowest BCUT2D eigenvalue weighted by Gasteiger charge is -2.02. The summed E-state index contributed by atoms with van der Waals surface area (Å²) in [5.41, 5.74) is 1.08. The van der Waals surface area contributed by atoms with E-state index in [-0.39, 0.29) is 0 Å². The summed E-state index contributed by atoms with van der Waals surface area (Å²) >= 11 is 5.69. The molecular formula is C11H11ClN2O. The molecule has 0 saturated carbocycles. The second kappa shape index (κ2) is 4.36. The van der Waals surface area contributed by atoms with Crippen molar-refractivity contribution in [3.05, 3.63) is 42.2 Å². The minimum absolute atomic E-state index is 0.521. The predicted octanol–water partition coefficient (Wildman–Crippen LogP) is 2.95. The lowest BCUT2D eigenvalue weighted by atomic mass is 10.2. The van der Waals surface area contributed by atoms with Crippen LogP contribution in [0.1, 0.15) is 5.56 Å². The third-order valence-electron chi connectivity index (χ3n) is 1.99. The van der Waals surface area contributed by atoms with Gasteiger partial charge in [0.05, 0.1) is 12.4 Å². The SMILES string of the molecule is Cn1cc(Oc2ccc(CCl)cc2)cn1. The number of alkyl halides is 1. The number of benzene rings is 1. The summed E-state index contributed by atoms with van der Waals surface area (Å²) in [6.45, 7) is 0. The second-order valence-corrected chi connectivity index (χ2v) is 3.50. The van der Waals surface area contributed by atoms with Crippen molar-refractivity contribution in [2.24, 2.45) is 7.05 Å². The van der Waals surface area contributed by atoms with Gasteiger partial charge in [-0.2, -0.15) is 5.10 Å². The number of aryl methyl sites for hydroxylation is 1. The molecule has 0 aliphatic carbocycles. The van der Waals surface area contributed by atoms with Gasteiger partial charge in [-0.1, -0.05) is 12.1 Å². The fourth-order valence-corrected chi connectivity index (χ4v) is 1.41. The van der Waals surface area contributed by atoms with Crippen LogP contribution in [0.2, 0.25) is 0 Å². The van der Waals surface area contributed by atoms with Gasteiger partial charge in [0.2, 0.25) is 0 Å². The molecule has 4 heteroatoms. The first-order valence-corrected chi connectivity index (χ1v) is 5.13. The minimum Gasteiger partial charge on any atom is -0.454 e. The Hall–Kier alpha value is -1.48. The summed E-state index contributed by atoms with van der Waals surface area (Å²) in [7, 11) is 1.85. The van der Waals surface area contributed by atoms with E-state index in [0.717, 1.165) is 17.1 Å². The van der Waals surface area contributed by atoms with Crippen LogP contribution < -0.4 is 4.74 Å². The fourth-order valence-electron chi connectivity index (χ4n) is 1.23. The topological polar surface area (TPSA) is 27.1 Å². The standard InChI is InChI=1S/C11H11ClN2O/c1-14-8-11(7-13-14)15-10-4-2-9(6-12)3-5-10/h2-5,7-8H,6H2,1H3. The van der Waals surface area contributed by atoms with Gasteiger partial charge in [-0.05, 0) is 17.7 Å². The molecule has 0 atom stereocenters. The number of hydrogen-bond acceptors (Lipinski definition) is 2. The zero-order chi connectivity index (χ0) is 10.7. The molecular weight excluding hydrogens is 212 g/mol. The van der Waals surface area contributed by atoms with Gasteiger partial charge in [0.15, 0.2) is 5.75 Å². The van der Waals surface area contributed by atoms with E-state index in [4.69, 9.17) is 16.3 Å². The summed E-state index contributed by atoms with van der Waals surface area (Å²) in [6, 6.07) is 7.67. The van der Waals surface area contributed by atoms with Crippen LogP contribution in [0.4, 0.5) is 0 Å². The molecule has 2 aromatic rings. The van der Waals surface area contributed by atoms with Crippen molar-refractivity contribution in [3.8, 4) is 11.5 Å². The Morgan fingerprint density at radius 2 is 2.00 bits per heavy atom. The van der Waals surface area contributed by atoms with Crippen molar-refractivity contribution in [3.63, 3.8) is 0 Å². The molecule has 0 radical (unpaired) electrons. The van der Waals surface area contributed by atoms with Gasteiger partial charge in [-0.3, -0.25) is 4.68 Å². The number of hydrogen-bond donors (Lipinski definition) is 0. The van der Waals surface area contributed by atoms with E-state index in [1.54, 1.807) is 10.9 Å². The Bertz CT molecular complexity index is 436. The van der Waals surface area contributed by atoms with E-state index in [1.807, 2.05) is 37.5 Å². The molecule has 1 heterocycles. The maximum absolute atomic E-state index is 5.69. The lowest BCUT2D eigenvalue weighted by Crippen LogP contribution is -1.85. The average Bonchev–Trinajstić information content (AvgIpc) is 2.65. The van der Waals surface area contributed by atoms with Gasteiger partial charge in [0.1, 0.15) is 5.75 Å². The van der Waals surface area contributed by atoms with E-state index in [2.05, 4.69) is 5.10 Å². The monoisotopic (exact) mass is 222 g/mol. The summed E-state index contributed by atoms with van der Waals surface area (Å²) in [5, 5.41) is 4.02. The van der Waals surface area contributed by atoms with Gasteiger partial charge in [0.25, 0.3) is 0 Å². The van der Waals surface area contributed by atoms with Gasteiger partial charge in [-0.15, -0.1) is 11.6 Å². The molecule has 1 aromatic heterocycles. The maximum Gasteiger partial charge on any atom is 0.165 e. The molecule has 0 amide bonds. The molecule has 0 N–H and O–H groups in total. The molecule has 0 bridgehead atoms. The average molecular weight is 223 g/mol. The highest BCUT2D eigenvalue weighted by molar-refractivity contribution is 6.17. The van der Waals surface area contributed by atoms with Crippen molar-refractivity contribution < 1.29 is 4.74 Å². The Balaban J connectivity index is 2.11. The van der Waals surface area contributed by atoms with Crippen LogP contribution in [0.15, 0.2) is 36.7 Å². The number of ether oxygens (including phenoxy) is 1. The maximum atomic E-state index is 5.69. The Morgan fingerprint density at radius 1 is 1.27 bits per heavy atom. The Labute approximate surface area is 93.2 Å². The van der Waals surface area contributed by atoms with Crippen LogP contribution in [0, 0.1) is 0 Å². The van der Waals surface area contributed by atoms with Crippen LogP contribution in [0.5, 0.6) is 11.5 Å². The lowest BCUT2D eigenvalue weighted by molar-refractivity contribution is 0.482. The van der Waals surface area contributed by atoms with Crippen LogP contribution in [-0.4, -0.2) is 9.78 Å². The van der Waals surface area contributed by atoms with Crippen molar-refractivity contribution in [2.45, 2.75) is 5.88 Å². The zero-order valence-corrected chi connectivity index (χ0v) is 9.11. The van der Waals surface area contributed by atoms with Crippen LogP contribution in [-0.2, 0) is 12.9 Å². The number of nitrogens with zero attached hydrogens (tertiary/aromatic N) is 2. The zero-order valence-electron chi connectivity index (χ0n) is 8.35. The van der Waals surface area contributed by atoms with E-state index < -0.39 is 0 Å². The smallest absolute Gasteiger partial charge is 0.165 e. The van der Waals surface area contributed by atoms with E-state index in [1.165, 1.54) is 0 Å². The molecule has 0 unspecified atom stereocenters. The van der Waals surface area contributed by atoms with Crippen molar-refractivity contribution in [2.75, 3.05) is 0 Å². The molecule has 78 valence electrons. The highest BCUT2D eigenvalue weighted by atomic mass is 35.5. The molecule has 15 heavy (non-hydrogen) atoms. The van der Waals surface area contributed by atoms with E-state index in [0.29, 0.717) is 5.88 Å². The second-order valence-electron chi connectivity index (χ2n) is 3.23. The molecule has 0 aliphatic heterocycles. The molecule has 0 spiro atoms. The van der Waals surface area contributed by atoms with Crippen LogP contribution in [0.3, 0.4) is 0 Å². The summed E-state index contributed by atoms with van der Waals surface area (Å²) < 4.78 is 7.27. The van der Waals surface area contributed by atoms with Crippen molar-refractivity contribution in [1.82, 2.24) is 9.78 Å². The quantitative estimate of drug-likeness (QED) is 0.747. The third kappa shape index (κ3) is 2.50. The molecule has 2 rings (SSSR count). The van der Waals surface area contributed by atoms with Gasteiger partial charge in [-0.25, -0.2) is 0 Å². The molecule has 0 fully saturated rings. The predicted molar refractivity (Wildman–Crippen MR) is 59.3 cm³/mol. The van der Waals surface area contributed by atoms with E-state index >= 15 is 0 Å². The molecule has 0 aliphatic rings. The summed E-state index contributed by atoms with van der Waals surface area (Å²) in [6.07, 6.45) is 3.49. The van der Waals surface area contributed by atoms with Crippen molar-refractivity contribution >= 4 is 11.6 Å². The fraction of sp³-hybridized carbons (Fsp3) is 0.182. The summed E-state index contributed by atoms with van der Waals surface area (Å²) in [4.78, 5) is 0. The highest BCUT2D eigenvalue weighted by Gasteiger charge is 1.99. The van der Waals surface area contributed by atoms with Crippen molar-refractivity contribution in [1.29, 1.82) is 0 Å². The van der Waals surface area contributed by atoms with Gasteiger partial charge < -0.3 is 4.74 Å². The molecule has 1 aromatic carbocycles.